The maximum absolute atomic E-state index is 13.7. The van der Waals surface area contributed by atoms with Gasteiger partial charge in [-0.25, -0.2) is 4.39 Å². The number of nitrogens with one attached hydrogen (secondary N) is 1. The minimum absolute atomic E-state index is 0.331. The van der Waals surface area contributed by atoms with E-state index in [1.165, 1.54) is 12.1 Å². The lowest BCUT2D eigenvalue weighted by atomic mass is 10.2. The summed E-state index contributed by atoms with van der Waals surface area (Å²) in [6.45, 7) is -2.72. The second kappa shape index (κ2) is 7.03. The maximum Gasteiger partial charge on any atom is 0.387 e. The van der Waals surface area contributed by atoms with E-state index in [1.54, 1.807) is 17.2 Å². The lowest BCUT2D eigenvalue weighted by Crippen LogP contribution is -2.05. The van der Waals surface area contributed by atoms with Gasteiger partial charge in [-0.2, -0.15) is 8.78 Å². The van der Waals surface area contributed by atoms with Crippen molar-refractivity contribution in [3.05, 3.63) is 66.5 Å². The van der Waals surface area contributed by atoms with Crippen LogP contribution < -0.4 is 10.1 Å². The molecule has 0 aliphatic carbocycles. The zero-order valence-electron chi connectivity index (χ0n) is 12.4. The highest BCUT2D eigenvalue weighted by atomic mass is 19.3. The van der Waals surface area contributed by atoms with Crippen molar-refractivity contribution < 1.29 is 17.9 Å². The molecule has 124 valence electrons. The molecule has 3 rings (SSSR count). The summed E-state index contributed by atoms with van der Waals surface area (Å²) in [5.74, 6) is -1.30. The van der Waals surface area contributed by atoms with E-state index in [-0.39, 0.29) is 0 Å². The van der Waals surface area contributed by atoms with E-state index in [2.05, 4.69) is 20.3 Å². The number of hydrogen-bond donors (Lipinski definition) is 1. The number of anilines is 1. The second-order valence-electron chi connectivity index (χ2n) is 4.92. The van der Waals surface area contributed by atoms with Crippen LogP contribution in [0.15, 0.2) is 55.1 Å². The summed E-state index contributed by atoms with van der Waals surface area (Å²) >= 11 is 0. The molecule has 3 aromatic rings. The number of rotatable bonds is 6. The summed E-state index contributed by atoms with van der Waals surface area (Å²) in [6.07, 6.45) is 3.16. The lowest BCUT2D eigenvalue weighted by Gasteiger charge is -2.10. The Balaban J connectivity index is 1.68. The summed E-state index contributed by atoms with van der Waals surface area (Å²) < 4.78 is 43.7. The zero-order chi connectivity index (χ0) is 16.9. The summed E-state index contributed by atoms with van der Waals surface area (Å²) in [7, 11) is 0. The van der Waals surface area contributed by atoms with E-state index in [9.17, 15) is 13.2 Å². The van der Waals surface area contributed by atoms with Crippen LogP contribution in [0.3, 0.4) is 0 Å². The molecule has 0 aliphatic heterocycles. The van der Waals surface area contributed by atoms with Crippen molar-refractivity contribution in [2.75, 3.05) is 5.32 Å². The maximum atomic E-state index is 13.7. The summed E-state index contributed by atoms with van der Waals surface area (Å²) in [4.78, 5) is 0. The molecule has 24 heavy (non-hydrogen) atoms. The molecule has 5 nitrogen and oxygen atoms in total. The molecule has 0 amide bonds. The molecular formula is C16H13F3N4O. The van der Waals surface area contributed by atoms with E-state index >= 15 is 0 Å². The van der Waals surface area contributed by atoms with E-state index in [0.29, 0.717) is 12.1 Å². The first kappa shape index (κ1) is 15.9. The largest absolute Gasteiger partial charge is 0.432 e. The van der Waals surface area contributed by atoms with Gasteiger partial charge in [-0.05, 0) is 35.9 Å². The number of nitrogens with zero attached hydrogens (tertiary/aromatic N) is 3. The molecule has 0 saturated carbocycles. The molecule has 2 aromatic carbocycles. The normalized spacial score (nSPS) is 10.8. The molecule has 0 atom stereocenters. The predicted octanol–water partition coefficient (Wildman–Crippen LogP) is 3.62. The summed E-state index contributed by atoms with van der Waals surface area (Å²) in [5, 5.41) is 10.6. The minimum Gasteiger partial charge on any atom is -0.432 e. The van der Waals surface area contributed by atoms with Crippen LogP contribution in [0.2, 0.25) is 0 Å². The third-order valence-electron chi connectivity index (χ3n) is 3.27. The first-order chi connectivity index (χ1) is 11.6. The molecule has 0 unspecified atom stereocenters. The van der Waals surface area contributed by atoms with Crippen LogP contribution in [0, 0.1) is 5.82 Å². The number of halogens is 3. The first-order valence-corrected chi connectivity index (χ1v) is 7.04. The molecule has 0 bridgehead atoms. The molecule has 0 spiro atoms. The van der Waals surface area contributed by atoms with Crippen LogP contribution >= 0.6 is 0 Å². The highest BCUT2D eigenvalue weighted by molar-refractivity contribution is 5.51. The van der Waals surface area contributed by atoms with Crippen LogP contribution in [0.5, 0.6) is 5.75 Å². The number of hydrogen-bond acceptors (Lipinski definition) is 4. The van der Waals surface area contributed by atoms with Gasteiger partial charge in [0.1, 0.15) is 12.7 Å². The van der Waals surface area contributed by atoms with E-state index < -0.39 is 18.2 Å². The molecule has 1 heterocycles. The van der Waals surface area contributed by atoms with Gasteiger partial charge in [0.25, 0.3) is 0 Å². The van der Waals surface area contributed by atoms with Gasteiger partial charge in [-0.3, -0.25) is 4.57 Å². The molecule has 1 N–H and O–H groups in total. The molecule has 0 aliphatic rings. The minimum atomic E-state index is -3.05. The lowest BCUT2D eigenvalue weighted by molar-refractivity contribution is -0.0522. The highest BCUT2D eigenvalue weighted by Crippen LogP contribution is 2.21. The second-order valence-corrected chi connectivity index (χ2v) is 4.92. The SMILES string of the molecule is Fc1cc(CNc2cccc(-n3cnnc3)c2)ccc1OC(F)F. The van der Waals surface area contributed by atoms with Crippen molar-refractivity contribution >= 4 is 5.69 Å². The Bertz CT molecular complexity index is 809. The Morgan fingerprint density at radius 2 is 1.88 bits per heavy atom. The highest BCUT2D eigenvalue weighted by Gasteiger charge is 2.10. The van der Waals surface area contributed by atoms with Crippen molar-refractivity contribution in [1.29, 1.82) is 0 Å². The van der Waals surface area contributed by atoms with Gasteiger partial charge in [0, 0.05) is 12.2 Å². The fraction of sp³-hybridized carbons (Fsp3) is 0.125. The van der Waals surface area contributed by atoms with Crippen molar-refractivity contribution in [2.24, 2.45) is 0 Å². The topological polar surface area (TPSA) is 52.0 Å². The molecule has 0 radical (unpaired) electrons. The van der Waals surface area contributed by atoms with Crippen LogP contribution in [0.4, 0.5) is 18.9 Å². The van der Waals surface area contributed by atoms with Crippen molar-refractivity contribution in [3.8, 4) is 11.4 Å². The van der Waals surface area contributed by atoms with Gasteiger partial charge in [0.15, 0.2) is 11.6 Å². The molecule has 1 aromatic heterocycles. The van der Waals surface area contributed by atoms with Crippen LogP contribution in [0.1, 0.15) is 5.56 Å². The number of aromatic nitrogens is 3. The fourth-order valence-electron chi connectivity index (χ4n) is 2.16. The van der Waals surface area contributed by atoms with Gasteiger partial charge in [0.05, 0.1) is 5.69 Å². The van der Waals surface area contributed by atoms with Crippen molar-refractivity contribution in [2.45, 2.75) is 13.2 Å². The van der Waals surface area contributed by atoms with Gasteiger partial charge in [-0.15, -0.1) is 10.2 Å². The smallest absolute Gasteiger partial charge is 0.387 e. The molecule has 8 heteroatoms. The number of benzene rings is 2. The van der Waals surface area contributed by atoms with Crippen molar-refractivity contribution in [1.82, 2.24) is 14.8 Å². The molecular weight excluding hydrogens is 321 g/mol. The first-order valence-electron chi connectivity index (χ1n) is 7.04. The number of alkyl halides is 2. The Morgan fingerprint density at radius 1 is 1.08 bits per heavy atom. The third-order valence-corrected chi connectivity index (χ3v) is 3.27. The Morgan fingerprint density at radius 3 is 2.58 bits per heavy atom. The fourth-order valence-corrected chi connectivity index (χ4v) is 2.16. The summed E-state index contributed by atoms with van der Waals surface area (Å²) in [6, 6.07) is 11.4. The number of ether oxygens (including phenoxy) is 1. The Hall–Kier alpha value is -3.03. The van der Waals surface area contributed by atoms with Crippen molar-refractivity contribution in [3.63, 3.8) is 0 Å². The monoisotopic (exact) mass is 334 g/mol. The average Bonchev–Trinajstić information content (AvgIpc) is 3.10. The molecule has 0 saturated heterocycles. The van der Waals surface area contributed by atoms with Crippen LogP contribution in [0.25, 0.3) is 5.69 Å². The van der Waals surface area contributed by atoms with Gasteiger partial charge < -0.3 is 10.1 Å². The van der Waals surface area contributed by atoms with E-state index in [4.69, 9.17) is 0 Å². The molecule has 0 fully saturated rings. The summed E-state index contributed by atoms with van der Waals surface area (Å²) in [5.41, 5.74) is 2.29. The Labute approximate surface area is 135 Å². The Kier molecular flexibility index (Phi) is 4.64. The third kappa shape index (κ3) is 3.83. The van der Waals surface area contributed by atoms with Crippen LogP contribution in [-0.4, -0.2) is 21.4 Å². The van der Waals surface area contributed by atoms with Gasteiger partial charge >= 0.3 is 6.61 Å². The predicted molar refractivity (Wildman–Crippen MR) is 81.7 cm³/mol. The average molecular weight is 334 g/mol. The quantitative estimate of drug-likeness (QED) is 0.748. The zero-order valence-corrected chi connectivity index (χ0v) is 12.4. The van der Waals surface area contributed by atoms with Gasteiger partial charge in [-0.1, -0.05) is 12.1 Å². The van der Waals surface area contributed by atoms with Gasteiger partial charge in [0.2, 0.25) is 0 Å². The van der Waals surface area contributed by atoms with E-state index in [1.807, 2.05) is 24.3 Å². The van der Waals surface area contributed by atoms with E-state index in [0.717, 1.165) is 17.4 Å². The standard InChI is InChI=1S/C16H13F3N4O/c17-14-6-11(4-5-15(14)24-16(18)19)8-20-12-2-1-3-13(7-12)23-9-21-22-10-23/h1-7,9-10,16,20H,8H2. The van der Waals surface area contributed by atoms with Crippen LogP contribution in [-0.2, 0) is 6.54 Å².